The van der Waals surface area contributed by atoms with Crippen LogP contribution in [0.1, 0.15) is 32.1 Å². The summed E-state index contributed by atoms with van der Waals surface area (Å²) in [5.74, 6) is 1.14. The van der Waals surface area contributed by atoms with Crippen molar-refractivity contribution in [1.82, 2.24) is 0 Å². The summed E-state index contributed by atoms with van der Waals surface area (Å²) < 4.78 is 4.70. The zero-order chi connectivity index (χ0) is 9.31. The Labute approximate surface area is 83.4 Å². The van der Waals surface area contributed by atoms with Crippen LogP contribution in [0.2, 0.25) is 0 Å². The van der Waals surface area contributed by atoms with Crippen LogP contribution in [0, 0.1) is 5.41 Å². The molecule has 0 saturated heterocycles. The number of hydrogen-bond acceptors (Lipinski definition) is 3. The minimum absolute atomic E-state index is 0.0334. The van der Waals surface area contributed by atoms with Crippen molar-refractivity contribution in [2.24, 2.45) is 5.41 Å². The molecule has 2 aliphatic rings. The van der Waals surface area contributed by atoms with Crippen molar-refractivity contribution in [3.05, 3.63) is 0 Å². The molecule has 0 aromatic heterocycles. The van der Waals surface area contributed by atoms with Gasteiger partial charge < -0.3 is 4.74 Å². The first-order valence-electron chi connectivity index (χ1n) is 4.93. The van der Waals surface area contributed by atoms with E-state index in [0.29, 0.717) is 11.8 Å². The van der Waals surface area contributed by atoms with Gasteiger partial charge in [-0.05, 0) is 36.9 Å². The zero-order valence-electron chi connectivity index (χ0n) is 8.04. The van der Waals surface area contributed by atoms with Crippen LogP contribution in [0.15, 0.2) is 0 Å². The van der Waals surface area contributed by atoms with E-state index in [1.54, 1.807) is 0 Å². The average molecular weight is 200 g/mol. The lowest BCUT2D eigenvalue weighted by Gasteiger charge is -2.12. The maximum Gasteiger partial charge on any atom is 0.306 e. The van der Waals surface area contributed by atoms with Crippen molar-refractivity contribution >= 4 is 17.7 Å². The molecule has 0 amide bonds. The maximum absolute atomic E-state index is 11.1. The van der Waals surface area contributed by atoms with Gasteiger partial charge in [0.05, 0.1) is 13.5 Å². The van der Waals surface area contributed by atoms with E-state index in [9.17, 15) is 4.79 Å². The highest BCUT2D eigenvalue weighted by Crippen LogP contribution is 2.53. The standard InChI is InChI=1S/C10H16O2S/c1-12-9(11)6-10(4-5-10)7-13-8-2-3-8/h8H,2-7H2,1H3. The second-order valence-corrected chi connectivity index (χ2v) is 5.55. The summed E-state index contributed by atoms with van der Waals surface area (Å²) in [5.41, 5.74) is 0.334. The van der Waals surface area contributed by atoms with Gasteiger partial charge in [-0.25, -0.2) is 0 Å². The SMILES string of the molecule is COC(=O)CC1(CSC2CC2)CC1. The normalized spacial score (nSPS) is 24.1. The van der Waals surface area contributed by atoms with Gasteiger partial charge in [-0.2, -0.15) is 11.8 Å². The molecule has 0 aliphatic heterocycles. The third-order valence-electron chi connectivity index (χ3n) is 2.85. The number of carbonyl (C=O) groups is 1. The summed E-state index contributed by atoms with van der Waals surface area (Å²) in [4.78, 5) is 11.1. The van der Waals surface area contributed by atoms with E-state index in [4.69, 9.17) is 4.74 Å². The van der Waals surface area contributed by atoms with Crippen LogP contribution in [-0.4, -0.2) is 24.1 Å². The monoisotopic (exact) mass is 200 g/mol. The molecule has 0 bridgehead atoms. The number of hydrogen-bond donors (Lipinski definition) is 0. The van der Waals surface area contributed by atoms with Crippen LogP contribution < -0.4 is 0 Å². The molecule has 0 heterocycles. The van der Waals surface area contributed by atoms with Crippen molar-refractivity contribution in [2.75, 3.05) is 12.9 Å². The zero-order valence-corrected chi connectivity index (χ0v) is 8.86. The molecule has 2 saturated carbocycles. The van der Waals surface area contributed by atoms with Crippen molar-refractivity contribution in [2.45, 2.75) is 37.4 Å². The van der Waals surface area contributed by atoms with Crippen molar-refractivity contribution in [3.63, 3.8) is 0 Å². The number of thioether (sulfide) groups is 1. The summed E-state index contributed by atoms with van der Waals surface area (Å²) in [6.07, 6.45) is 5.87. The number of methoxy groups -OCH3 is 1. The topological polar surface area (TPSA) is 26.3 Å². The molecule has 2 rings (SSSR count). The van der Waals surface area contributed by atoms with Crippen LogP contribution in [0.4, 0.5) is 0 Å². The molecular formula is C10H16O2S. The Morgan fingerprint density at radius 2 is 2.23 bits per heavy atom. The third-order valence-corrected chi connectivity index (χ3v) is 4.58. The summed E-state index contributed by atoms with van der Waals surface area (Å²) in [6, 6.07) is 0. The van der Waals surface area contributed by atoms with E-state index in [0.717, 1.165) is 5.25 Å². The second-order valence-electron chi connectivity index (χ2n) is 4.26. The Bertz CT molecular complexity index is 207. The second kappa shape index (κ2) is 3.52. The van der Waals surface area contributed by atoms with Gasteiger partial charge in [-0.1, -0.05) is 0 Å². The Kier molecular flexibility index (Phi) is 2.54. The van der Waals surface area contributed by atoms with Gasteiger partial charge in [0.2, 0.25) is 0 Å². The number of rotatable bonds is 5. The quantitative estimate of drug-likeness (QED) is 0.637. The first-order chi connectivity index (χ1) is 6.24. The van der Waals surface area contributed by atoms with Gasteiger partial charge >= 0.3 is 5.97 Å². The van der Waals surface area contributed by atoms with Gasteiger partial charge in [0.1, 0.15) is 0 Å². The fourth-order valence-electron chi connectivity index (χ4n) is 1.46. The number of carbonyl (C=O) groups excluding carboxylic acids is 1. The van der Waals surface area contributed by atoms with E-state index in [2.05, 4.69) is 11.8 Å². The molecule has 74 valence electrons. The van der Waals surface area contributed by atoms with E-state index < -0.39 is 0 Å². The highest BCUT2D eigenvalue weighted by molar-refractivity contribution is 8.00. The Morgan fingerprint density at radius 1 is 1.54 bits per heavy atom. The predicted molar refractivity (Wildman–Crippen MR) is 53.8 cm³/mol. The van der Waals surface area contributed by atoms with Crippen LogP contribution in [0.5, 0.6) is 0 Å². The Hall–Kier alpha value is -0.180. The molecule has 3 heteroatoms. The molecule has 0 spiro atoms. The number of ether oxygens (including phenoxy) is 1. The highest BCUT2D eigenvalue weighted by Gasteiger charge is 2.45. The molecule has 2 nitrogen and oxygen atoms in total. The minimum atomic E-state index is -0.0334. The van der Waals surface area contributed by atoms with E-state index in [1.807, 2.05) is 0 Å². The smallest absolute Gasteiger partial charge is 0.306 e. The summed E-state index contributed by atoms with van der Waals surface area (Å²) >= 11 is 2.06. The lowest BCUT2D eigenvalue weighted by Crippen LogP contribution is -2.13. The molecule has 0 N–H and O–H groups in total. The van der Waals surface area contributed by atoms with Gasteiger partial charge in [-0.3, -0.25) is 4.79 Å². The molecule has 0 aromatic carbocycles. The van der Waals surface area contributed by atoms with Crippen molar-refractivity contribution in [3.8, 4) is 0 Å². The van der Waals surface area contributed by atoms with E-state index in [1.165, 1.54) is 38.5 Å². The fourth-order valence-corrected chi connectivity index (χ4v) is 2.91. The molecule has 0 radical (unpaired) electrons. The molecule has 13 heavy (non-hydrogen) atoms. The van der Waals surface area contributed by atoms with Gasteiger partial charge in [0.25, 0.3) is 0 Å². The Balaban J connectivity index is 1.71. The van der Waals surface area contributed by atoms with Gasteiger partial charge in [-0.15, -0.1) is 0 Å². The van der Waals surface area contributed by atoms with Crippen LogP contribution in [0.3, 0.4) is 0 Å². The maximum atomic E-state index is 11.1. The van der Waals surface area contributed by atoms with E-state index >= 15 is 0 Å². The average Bonchev–Trinajstić information content (AvgIpc) is 2.97. The summed E-state index contributed by atoms with van der Waals surface area (Å²) in [6.45, 7) is 0. The molecule has 0 aromatic rings. The molecule has 2 fully saturated rings. The van der Waals surface area contributed by atoms with Crippen LogP contribution in [0.25, 0.3) is 0 Å². The summed E-state index contributed by atoms with van der Waals surface area (Å²) in [7, 11) is 1.48. The molecular weight excluding hydrogens is 184 g/mol. The van der Waals surface area contributed by atoms with Crippen molar-refractivity contribution in [1.29, 1.82) is 0 Å². The summed E-state index contributed by atoms with van der Waals surface area (Å²) in [5, 5.41) is 0.912. The first-order valence-corrected chi connectivity index (χ1v) is 5.97. The van der Waals surface area contributed by atoms with E-state index in [-0.39, 0.29) is 5.97 Å². The van der Waals surface area contributed by atoms with Gasteiger partial charge in [0.15, 0.2) is 0 Å². The Morgan fingerprint density at radius 3 is 2.69 bits per heavy atom. The highest BCUT2D eigenvalue weighted by atomic mass is 32.2. The minimum Gasteiger partial charge on any atom is -0.469 e. The predicted octanol–water partition coefficient (Wildman–Crippen LogP) is 2.23. The first kappa shape index (κ1) is 9.38. The van der Waals surface area contributed by atoms with Crippen molar-refractivity contribution < 1.29 is 9.53 Å². The lowest BCUT2D eigenvalue weighted by molar-refractivity contribution is -0.141. The van der Waals surface area contributed by atoms with Crippen LogP contribution >= 0.6 is 11.8 Å². The lowest BCUT2D eigenvalue weighted by atomic mass is 10.1. The fraction of sp³-hybridized carbons (Fsp3) is 0.900. The largest absolute Gasteiger partial charge is 0.469 e. The number of esters is 1. The van der Waals surface area contributed by atoms with Crippen LogP contribution in [-0.2, 0) is 9.53 Å². The molecule has 0 atom stereocenters. The molecule has 2 aliphatic carbocycles. The third kappa shape index (κ3) is 2.63. The van der Waals surface area contributed by atoms with Gasteiger partial charge in [0, 0.05) is 5.25 Å². The molecule has 0 unspecified atom stereocenters.